The molecule has 1 fully saturated rings. The number of likely N-dealkylation sites (tertiary alicyclic amines) is 1. The van der Waals surface area contributed by atoms with Crippen LogP contribution in [0.25, 0.3) is 10.6 Å². The van der Waals surface area contributed by atoms with Gasteiger partial charge in [0.15, 0.2) is 0 Å². The van der Waals surface area contributed by atoms with Crippen molar-refractivity contribution < 1.29 is 9.53 Å². The van der Waals surface area contributed by atoms with E-state index in [0.717, 1.165) is 52.8 Å². The molecule has 1 aromatic carbocycles. The van der Waals surface area contributed by atoms with Crippen LogP contribution in [0, 0.1) is 6.92 Å². The summed E-state index contributed by atoms with van der Waals surface area (Å²) >= 11 is 1.61. The Balaban J connectivity index is 1.76. The SMILES string of the molecule is COc1cccc(-c2nc(C)c(CC(=O)N3CCCCC3)s2)c1. The minimum absolute atomic E-state index is 0.230. The Morgan fingerprint density at radius 3 is 2.83 bits per heavy atom. The van der Waals surface area contributed by atoms with Crippen molar-refractivity contribution in [2.75, 3.05) is 20.2 Å². The average molecular weight is 330 g/mol. The number of nitrogens with zero attached hydrogens (tertiary/aromatic N) is 2. The lowest BCUT2D eigenvalue weighted by molar-refractivity contribution is -0.131. The van der Waals surface area contributed by atoms with E-state index in [9.17, 15) is 4.79 Å². The molecule has 5 heteroatoms. The molecule has 4 nitrogen and oxygen atoms in total. The highest BCUT2D eigenvalue weighted by Crippen LogP contribution is 2.30. The van der Waals surface area contributed by atoms with Crippen LogP contribution in [0.5, 0.6) is 5.75 Å². The molecule has 0 radical (unpaired) electrons. The van der Waals surface area contributed by atoms with E-state index in [1.807, 2.05) is 36.1 Å². The molecule has 2 heterocycles. The summed E-state index contributed by atoms with van der Waals surface area (Å²) < 4.78 is 5.27. The van der Waals surface area contributed by atoms with Crippen molar-refractivity contribution in [3.63, 3.8) is 0 Å². The standard InChI is InChI=1S/C18H22N2O2S/c1-13-16(12-17(21)20-9-4-3-5-10-20)23-18(19-13)14-7-6-8-15(11-14)22-2/h6-8,11H,3-5,9-10,12H2,1-2H3. The van der Waals surface area contributed by atoms with Gasteiger partial charge in [-0.2, -0.15) is 0 Å². The number of thiazole rings is 1. The predicted octanol–water partition coefficient (Wildman–Crippen LogP) is 3.68. The summed E-state index contributed by atoms with van der Waals surface area (Å²) in [6.45, 7) is 3.79. The van der Waals surface area contributed by atoms with Gasteiger partial charge in [0.2, 0.25) is 5.91 Å². The molecule has 122 valence electrons. The maximum Gasteiger partial charge on any atom is 0.227 e. The van der Waals surface area contributed by atoms with Gasteiger partial charge in [-0.25, -0.2) is 4.98 Å². The summed E-state index contributed by atoms with van der Waals surface area (Å²) in [6.07, 6.45) is 3.96. The van der Waals surface area contributed by atoms with Gasteiger partial charge in [-0.05, 0) is 38.3 Å². The summed E-state index contributed by atoms with van der Waals surface area (Å²) in [7, 11) is 1.66. The smallest absolute Gasteiger partial charge is 0.227 e. The zero-order chi connectivity index (χ0) is 16.2. The number of ether oxygens (including phenoxy) is 1. The highest BCUT2D eigenvalue weighted by Gasteiger charge is 2.19. The Kier molecular flexibility index (Phi) is 4.96. The first-order valence-electron chi connectivity index (χ1n) is 8.06. The molecule has 0 unspecified atom stereocenters. The van der Waals surface area contributed by atoms with Crippen molar-refractivity contribution >= 4 is 17.2 Å². The normalized spacial score (nSPS) is 14.8. The van der Waals surface area contributed by atoms with Gasteiger partial charge in [-0.3, -0.25) is 4.79 Å². The van der Waals surface area contributed by atoms with Crippen LogP contribution in [0.15, 0.2) is 24.3 Å². The van der Waals surface area contributed by atoms with Crippen LogP contribution < -0.4 is 4.74 Å². The van der Waals surface area contributed by atoms with Gasteiger partial charge in [0, 0.05) is 23.5 Å². The number of carbonyl (C=O) groups is 1. The van der Waals surface area contributed by atoms with Crippen LogP contribution in [-0.4, -0.2) is 36.0 Å². The van der Waals surface area contributed by atoms with Crippen molar-refractivity contribution in [2.24, 2.45) is 0 Å². The van der Waals surface area contributed by atoms with E-state index in [-0.39, 0.29) is 5.91 Å². The quantitative estimate of drug-likeness (QED) is 0.859. The second-order valence-electron chi connectivity index (χ2n) is 5.88. The molecule has 1 aliphatic heterocycles. The molecule has 1 aromatic heterocycles. The molecule has 0 aliphatic carbocycles. The second-order valence-corrected chi connectivity index (χ2v) is 6.96. The van der Waals surface area contributed by atoms with Crippen molar-refractivity contribution in [1.29, 1.82) is 0 Å². The number of methoxy groups -OCH3 is 1. The minimum atomic E-state index is 0.230. The van der Waals surface area contributed by atoms with Gasteiger partial charge in [0.25, 0.3) is 0 Å². The zero-order valence-electron chi connectivity index (χ0n) is 13.7. The fourth-order valence-electron chi connectivity index (χ4n) is 2.86. The number of aromatic nitrogens is 1. The number of piperidine rings is 1. The molecule has 1 saturated heterocycles. The number of carbonyl (C=O) groups excluding carboxylic acids is 1. The molecule has 23 heavy (non-hydrogen) atoms. The third-order valence-corrected chi connectivity index (χ3v) is 5.44. The van der Waals surface area contributed by atoms with E-state index in [2.05, 4.69) is 4.98 Å². The van der Waals surface area contributed by atoms with E-state index < -0.39 is 0 Å². The fourth-order valence-corrected chi connectivity index (χ4v) is 3.91. The lowest BCUT2D eigenvalue weighted by Crippen LogP contribution is -2.36. The summed E-state index contributed by atoms with van der Waals surface area (Å²) in [5, 5.41) is 0.947. The van der Waals surface area contributed by atoms with E-state index in [4.69, 9.17) is 4.74 Å². The molecule has 1 amide bonds. The van der Waals surface area contributed by atoms with E-state index >= 15 is 0 Å². The van der Waals surface area contributed by atoms with Crippen molar-refractivity contribution in [3.05, 3.63) is 34.8 Å². The molecular weight excluding hydrogens is 308 g/mol. The highest BCUT2D eigenvalue weighted by atomic mass is 32.1. The summed E-state index contributed by atoms with van der Waals surface area (Å²) in [5.41, 5.74) is 1.99. The lowest BCUT2D eigenvalue weighted by Gasteiger charge is -2.26. The molecule has 2 aromatic rings. The minimum Gasteiger partial charge on any atom is -0.497 e. The van der Waals surface area contributed by atoms with Crippen LogP contribution >= 0.6 is 11.3 Å². The Hall–Kier alpha value is -1.88. The maximum atomic E-state index is 12.5. The first-order chi connectivity index (χ1) is 11.2. The molecule has 0 spiro atoms. The van der Waals surface area contributed by atoms with Gasteiger partial charge in [0.1, 0.15) is 10.8 Å². The molecule has 0 saturated carbocycles. The molecule has 0 atom stereocenters. The zero-order valence-corrected chi connectivity index (χ0v) is 14.5. The molecule has 0 N–H and O–H groups in total. The summed E-state index contributed by atoms with van der Waals surface area (Å²) in [6, 6.07) is 7.89. The van der Waals surface area contributed by atoms with Crippen molar-refractivity contribution in [3.8, 4) is 16.3 Å². The molecule has 0 bridgehead atoms. The van der Waals surface area contributed by atoms with E-state index in [0.29, 0.717) is 6.42 Å². The molecule has 1 aliphatic rings. The highest BCUT2D eigenvalue weighted by molar-refractivity contribution is 7.15. The van der Waals surface area contributed by atoms with Crippen LogP contribution in [0.2, 0.25) is 0 Å². The first kappa shape index (κ1) is 16.0. The van der Waals surface area contributed by atoms with Crippen LogP contribution in [0.4, 0.5) is 0 Å². The van der Waals surface area contributed by atoms with Gasteiger partial charge < -0.3 is 9.64 Å². The fraction of sp³-hybridized carbons (Fsp3) is 0.444. The largest absolute Gasteiger partial charge is 0.497 e. The maximum absolute atomic E-state index is 12.5. The number of aryl methyl sites for hydroxylation is 1. The van der Waals surface area contributed by atoms with Gasteiger partial charge >= 0.3 is 0 Å². The van der Waals surface area contributed by atoms with Gasteiger partial charge in [-0.1, -0.05) is 12.1 Å². The van der Waals surface area contributed by atoms with Crippen LogP contribution in [0.1, 0.15) is 29.8 Å². The topological polar surface area (TPSA) is 42.4 Å². The number of benzene rings is 1. The number of rotatable bonds is 4. The monoisotopic (exact) mass is 330 g/mol. The third kappa shape index (κ3) is 3.72. The Morgan fingerprint density at radius 1 is 1.30 bits per heavy atom. The van der Waals surface area contributed by atoms with Crippen molar-refractivity contribution in [1.82, 2.24) is 9.88 Å². The lowest BCUT2D eigenvalue weighted by atomic mass is 10.1. The Bertz CT molecular complexity index is 690. The Labute approximate surface area is 141 Å². The van der Waals surface area contributed by atoms with E-state index in [1.54, 1.807) is 18.4 Å². The van der Waals surface area contributed by atoms with Gasteiger partial charge in [-0.15, -0.1) is 11.3 Å². The number of hydrogen-bond acceptors (Lipinski definition) is 4. The predicted molar refractivity (Wildman–Crippen MR) is 93.0 cm³/mol. The molecular formula is C18H22N2O2S. The van der Waals surface area contributed by atoms with Crippen molar-refractivity contribution in [2.45, 2.75) is 32.6 Å². The van der Waals surface area contributed by atoms with E-state index in [1.165, 1.54) is 6.42 Å². The third-order valence-electron chi connectivity index (χ3n) is 4.23. The molecule has 3 rings (SSSR count). The second kappa shape index (κ2) is 7.13. The number of hydrogen-bond donors (Lipinski definition) is 0. The first-order valence-corrected chi connectivity index (χ1v) is 8.87. The van der Waals surface area contributed by atoms with Gasteiger partial charge in [0.05, 0.1) is 19.2 Å². The summed E-state index contributed by atoms with van der Waals surface area (Å²) in [5.74, 6) is 1.05. The summed E-state index contributed by atoms with van der Waals surface area (Å²) in [4.78, 5) is 20.2. The van der Waals surface area contributed by atoms with Crippen LogP contribution in [0.3, 0.4) is 0 Å². The Morgan fingerprint density at radius 2 is 2.09 bits per heavy atom. The van der Waals surface area contributed by atoms with Crippen LogP contribution in [-0.2, 0) is 11.2 Å². The average Bonchev–Trinajstić information content (AvgIpc) is 2.96. The number of amides is 1.